The number of amides is 1. The van der Waals surface area contributed by atoms with Crippen molar-refractivity contribution < 1.29 is 9.53 Å². The van der Waals surface area contributed by atoms with Crippen LogP contribution in [0.1, 0.15) is 6.92 Å². The first-order valence-electron chi connectivity index (χ1n) is 3.33. The highest BCUT2D eigenvalue weighted by Gasteiger charge is 2.03. The van der Waals surface area contributed by atoms with Crippen LogP contribution in [0.4, 0.5) is 4.79 Å². The van der Waals surface area contributed by atoms with Crippen molar-refractivity contribution in [1.82, 2.24) is 5.32 Å². The molecule has 0 saturated heterocycles. The largest absolute Gasteiger partial charge is 0.449 e. The molecule has 0 saturated carbocycles. The lowest BCUT2D eigenvalue weighted by Gasteiger charge is -2.07. The molecule has 12 heavy (non-hydrogen) atoms. The lowest BCUT2D eigenvalue weighted by Crippen LogP contribution is -2.32. The molecule has 68 valence electrons. The second-order valence-corrected chi connectivity index (χ2v) is 4.48. The van der Waals surface area contributed by atoms with E-state index in [4.69, 9.17) is 11.2 Å². The Bertz CT molecular complexity index is 181. The molecule has 0 heterocycles. The van der Waals surface area contributed by atoms with E-state index in [2.05, 4.69) is 32.4 Å². The van der Waals surface area contributed by atoms with Gasteiger partial charge in [0.2, 0.25) is 0 Å². The third-order valence-electron chi connectivity index (χ3n) is 0.978. The Kier molecular flexibility index (Phi) is 7.50. The van der Waals surface area contributed by atoms with Gasteiger partial charge in [0.05, 0.1) is 6.04 Å². The Balaban J connectivity index is 3.41. The van der Waals surface area contributed by atoms with Crippen molar-refractivity contribution in [1.29, 1.82) is 0 Å². The van der Waals surface area contributed by atoms with E-state index in [0.29, 0.717) is 6.61 Å². The maximum Gasteiger partial charge on any atom is 0.408 e. The summed E-state index contributed by atoms with van der Waals surface area (Å²) in [7, 11) is 1.59. The van der Waals surface area contributed by atoms with Crippen molar-refractivity contribution >= 4 is 36.2 Å². The van der Waals surface area contributed by atoms with Crippen molar-refractivity contribution in [3.8, 4) is 12.3 Å². The predicted molar refractivity (Wildman–Crippen MR) is 59.3 cm³/mol. The van der Waals surface area contributed by atoms with Crippen LogP contribution in [0, 0.1) is 12.3 Å². The summed E-state index contributed by atoms with van der Waals surface area (Å²) in [6.07, 6.45) is 4.60. The maximum atomic E-state index is 10.8. The molecule has 0 fully saturated rings. The van der Waals surface area contributed by atoms with Crippen molar-refractivity contribution in [3.63, 3.8) is 0 Å². The van der Waals surface area contributed by atoms with E-state index in [-0.39, 0.29) is 6.04 Å². The van der Waals surface area contributed by atoms with Gasteiger partial charge >= 0.3 is 6.09 Å². The highest BCUT2D eigenvalue weighted by Crippen LogP contribution is 2.09. The molecule has 0 aliphatic carbocycles. The zero-order valence-corrected chi connectivity index (χ0v) is 9.65. The SMILES string of the molecule is C#CC(C)NC(=O)OCCSI. The highest BCUT2D eigenvalue weighted by atomic mass is 127. The second kappa shape index (κ2) is 7.55. The van der Waals surface area contributed by atoms with Crippen molar-refractivity contribution in [2.75, 3.05) is 12.4 Å². The number of halogens is 1. The van der Waals surface area contributed by atoms with Gasteiger partial charge in [-0.05, 0) is 28.1 Å². The van der Waals surface area contributed by atoms with E-state index < -0.39 is 6.09 Å². The van der Waals surface area contributed by atoms with Gasteiger partial charge in [0.25, 0.3) is 0 Å². The second-order valence-electron chi connectivity index (χ2n) is 1.98. The number of alkyl carbamates (subject to hydrolysis) is 1. The first-order valence-corrected chi connectivity index (χ1v) is 6.86. The Morgan fingerprint density at radius 3 is 3.08 bits per heavy atom. The van der Waals surface area contributed by atoms with Gasteiger partial charge in [-0.25, -0.2) is 4.79 Å². The van der Waals surface area contributed by atoms with Crippen molar-refractivity contribution in [2.24, 2.45) is 0 Å². The summed E-state index contributed by atoms with van der Waals surface area (Å²) in [5.74, 6) is 3.16. The van der Waals surface area contributed by atoms with Crippen LogP contribution in [-0.2, 0) is 4.74 Å². The summed E-state index contributed by atoms with van der Waals surface area (Å²) in [5, 5.41) is 2.48. The molecule has 0 rings (SSSR count). The molecule has 0 aromatic rings. The summed E-state index contributed by atoms with van der Waals surface area (Å²) in [4.78, 5) is 10.8. The molecule has 0 spiro atoms. The average molecular weight is 299 g/mol. The standard InChI is InChI=1S/C7H10INO2S/c1-3-6(2)9-7(10)11-4-5-12-8/h1,6H,4-5H2,2H3,(H,9,10). The molecule has 0 aliphatic rings. The molecule has 5 heteroatoms. The molecular formula is C7H10INO2S. The van der Waals surface area contributed by atoms with Crippen molar-refractivity contribution in [3.05, 3.63) is 0 Å². The maximum absolute atomic E-state index is 10.8. The fourth-order valence-electron chi connectivity index (χ4n) is 0.426. The molecule has 1 unspecified atom stereocenters. The van der Waals surface area contributed by atoms with Crippen LogP contribution in [0.2, 0.25) is 0 Å². The quantitative estimate of drug-likeness (QED) is 0.489. The number of rotatable bonds is 4. The minimum atomic E-state index is -0.453. The summed E-state index contributed by atoms with van der Waals surface area (Å²) in [5.41, 5.74) is 0. The molecule has 0 radical (unpaired) electrons. The Morgan fingerprint density at radius 1 is 1.92 bits per heavy atom. The van der Waals surface area contributed by atoms with E-state index >= 15 is 0 Å². The molecular weight excluding hydrogens is 289 g/mol. The van der Waals surface area contributed by atoms with E-state index in [9.17, 15) is 4.79 Å². The topological polar surface area (TPSA) is 38.3 Å². The highest BCUT2D eigenvalue weighted by molar-refractivity contribution is 14.2. The van der Waals surface area contributed by atoms with Crippen LogP contribution in [0.5, 0.6) is 0 Å². The normalized spacial score (nSPS) is 11.4. The summed E-state index contributed by atoms with van der Waals surface area (Å²) < 4.78 is 4.78. The first kappa shape index (κ1) is 11.9. The molecule has 0 bridgehead atoms. The van der Waals surface area contributed by atoms with Gasteiger partial charge in [-0.2, -0.15) is 0 Å². The molecule has 0 aromatic heterocycles. The van der Waals surface area contributed by atoms with Gasteiger partial charge in [0, 0.05) is 5.75 Å². The number of carbonyl (C=O) groups excluding carboxylic acids is 1. The van der Waals surface area contributed by atoms with E-state index in [1.54, 1.807) is 15.9 Å². The van der Waals surface area contributed by atoms with Crippen LogP contribution in [-0.4, -0.2) is 24.5 Å². The molecule has 0 aromatic carbocycles. The molecule has 1 amide bonds. The number of ether oxygens (including phenoxy) is 1. The Hall–Kier alpha value is -0.0900. The van der Waals surface area contributed by atoms with E-state index in [1.807, 2.05) is 0 Å². The van der Waals surface area contributed by atoms with Gasteiger partial charge < -0.3 is 10.1 Å². The Morgan fingerprint density at radius 2 is 2.58 bits per heavy atom. The molecule has 1 atom stereocenters. The van der Waals surface area contributed by atoms with Gasteiger partial charge in [0.1, 0.15) is 6.61 Å². The van der Waals surface area contributed by atoms with Crippen molar-refractivity contribution in [2.45, 2.75) is 13.0 Å². The van der Waals surface area contributed by atoms with E-state index in [0.717, 1.165) is 5.75 Å². The monoisotopic (exact) mass is 299 g/mol. The van der Waals surface area contributed by atoms with Gasteiger partial charge in [-0.15, -0.1) is 6.42 Å². The predicted octanol–water partition coefficient (Wildman–Crippen LogP) is 1.82. The fourth-order valence-corrected chi connectivity index (χ4v) is 1.11. The van der Waals surface area contributed by atoms with E-state index in [1.165, 1.54) is 0 Å². The zero-order valence-electron chi connectivity index (χ0n) is 6.67. The fraction of sp³-hybridized carbons (Fsp3) is 0.571. The third-order valence-corrected chi connectivity index (χ3v) is 2.62. The number of terminal acetylenes is 1. The third kappa shape index (κ3) is 6.61. The van der Waals surface area contributed by atoms with Gasteiger partial charge in [-0.3, -0.25) is 0 Å². The lowest BCUT2D eigenvalue weighted by atomic mass is 10.4. The average Bonchev–Trinajstić information content (AvgIpc) is 2.05. The van der Waals surface area contributed by atoms with Crippen LogP contribution < -0.4 is 5.32 Å². The number of hydrogen-bond donors (Lipinski definition) is 1. The summed E-state index contributed by atoms with van der Waals surface area (Å²) in [6, 6.07) is -0.273. The number of carbonyl (C=O) groups is 1. The molecule has 3 nitrogen and oxygen atoms in total. The summed E-state index contributed by atoms with van der Waals surface area (Å²) >= 11 is 2.14. The smallest absolute Gasteiger partial charge is 0.408 e. The zero-order chi connectivity index (χ0) is 9.40. The minimum Gasteiger partial charge on any atom is -0.449 e. The van der Waals surface area contributed by atoms with Crippen LogP contribution in [0.3, 0.4) is 0 Å². The summed E-state index contributed by atoms with van der Waals surface area (Å²) in [6.45, 7) is 2.13. The lowest BCUT2D eigenvalue weighted by molar-refractivity contribution is 0.152. The Labute approximate surface area is 88.6 Å². The van der Waals surface area contributed by atoms with Gasteiger partial charge in [-0.1, -0.05) is 14.9 Å². The van der Waals surface area contributed by atoms with Crippen LogP contribution in [0.15, 0.2) is 0 Å². The first-order chi connectivity index (χ1) is 5.70. The molecule has 0 aliphatic heterocycles. The number of hydrogen-bond acceptors (Lipinski definition) is 3. The van der Waals surface area contributed by atoms with Gasteiger partial charge in [0.15, 0.2) is 0 Å². The molecule has 1 N–H and O–H groups in total. The van der Waals surface area contributed by atoms with Crippen LogP contribution in [0.25, 0.3) is 0 Å². The van der Waals surface area contributed by atoms with Crippen LogP contribution >= 0.6 is 30.1 Å². The minimum absolute atomic E-state index is 0.273. The number of nitrogens with one attached hydrogen (secondary N) is 1.